The first-order chi connectivity index (χ1) is 5.72. The van der Waals surface area contributed by atoms with Gasteiger partial charge >= 0.3 is 0 Å². The molecule has 0 aliphatic heterocycles. The van der Waals surface area contributed by atoms with Crippen molar-refractivity contribution in [1.29, 1.82) is 0 Å². The van der Waals surface area contributed by atoms with Gasteiger partial charge in [-0.2, -0.15) is 0 Å². The third kappa shape index (κ3) is 2.58. The fraction of sp³-hybridized carbons (Fsp3) is 0.375. The standard InChI is InChI=1S/C8H9ClN2O/c1-2-7(12)3-8-10-4-6(9)5-11-8/h4-5H,2-3H2,1H3. The molecule has 0 radical (unpaired) electrons. The quantitative estimate of drug-likeness (QED) is 0.718. The van der Waals surface area contributed by atoms with Gasteiger partial charge in [-0.05, 0) is 0 Å². The van der Waals surface area contributed by atoms with E-state index in [-0.39, 0.29) is 5.78 Å². The second kappa shape index (κ2) is 4.16. The summed E-state index contributed by atoms with van der Waals surface area (Å²) in [5.41, 5.74) is 0. The van der Waals surface area contributed by atoms with Crippen molar-refractivity contribution in [1.82, 2.24) is 9.97 Å². The molecule has 1 heterocycles. The molecule has 0 saturated heterocycles. The zero-order chi connectivity index (χ0) is 8.97. The molecule has 0 aliphatic carbocycles. The van der Waals surface area contributed by atoms with Crippen LogP contribution in [0.4, 0.5) is 0 Å². The van der Waals surface area contributed by atoms with E-state index in [1.807, 2.05) is 6.92 Å². The van der Waals surface area contributed by atoms with Crippen molar-refractivity contribution in [3.05, 3.63) is 23.2 Å². The maximum Gasteiger partial charge on any atom is 0.140 e. The van der Waals surface area contributed by atoms with Gasteiger partial charge in [0.25, 0.3) is 0 Å². The van der Waals surface area contributed by atoms with Crippen molar-refractivity contribution in [2.24, 2.45) is 0 Å². The van der Waals surface area contributed by atoms with Crippen molar-refractivity contribution < 1.29 is 4.79 Å². The number of nitrogens with zero attached hydrogens (tertiary/aromatic N) is 2. The van der Waals surface area contributed by atoms with E-state index in [0.29, 0.717) is 23.7 Å². The normalized spacial score (nSPS) is 9.83. The molecule has 1 aromatic heterocycles. The molecular weight excluding hydrogens is 176 g/mol. The molecule has 1 rings (SSSR count). The van der Waals surface area contributed by atoms with E-state index >= 15 is 0 Å². The molecule has 12 heavy (non-hydrogen) atoms. The summed E-state index contributed by atoms with van der Waals surface area (Å²) in [6, 6.07) is 0. The monoisotopic (exact) mass is 184 g/mol. The van der Waals surface area contributed by atoms with Crippen molar-refractivity contribution in [2.75, 3.05) is 0 Å². The maximum absolute atomic E-state index is 11.0. The van der Waals surface area contributed by atoms with Crippen LogP contribution >= 0.6 is 11.6 Å². The first-order valence-corrected chi connectivity index (χ1v) is 4.08. The summed E-state index contributed by atoms with van der Waals surface area (Å²) < 4.78 is 0. The predicted molar refractivity (Wildman–Crippen MR) is 46.0 cm³/mol. The van der Waals surface area contributed by atoms with E-state index < -0.39 is 0 Å². The maximum atomic E-state index is 11.0. The van der Waals surface area contributed by atoms with Gasteiger partial charge in [0.15, 0.2) is 0 Å². The number of hydrogen-bond donors (Lipinski definition) is 0. The van der Waals surface area contributed by atoms with Gasteiger partial charge in [0.2, 0.25) is 0 Å². The van der Waals surface area contributed by atoms with E-state index in [0.717, 1.165) is 0 Å². The summed E-state index contributed by atoms with van der Waals surface area (Å²) >= 11 is 5.57. The Hall–Kier alpha value is -0.960. The molecule has 1 aromatic rings. The Morgan fingerprint density at radius 1 is 1.50 bits per heavy atom. The summed E-state index contributed by atoms with van der Waals surface area (Å²) in [5, 5.41) is 0.489. The number of hydrogen-bond acceptors (Lipinski definition) is 3. The van der Waals surface area contributed by atoms with Gasteiger partial charge in [-0.25, -0.2) is 9.97 Å². The smallest absolute Gasteiger partial charge is 0.140 e. The second-order valence-electron chi connectivity index (χ2n) is 2.39. The summed E-state index contributed by atoms with van der Waals surface area (Å²) in [4.78, 5) is 18.8. The summed E-state index contributed by atoms with van der Waals surface area (Å²) in [6.07, 6.45) is 3.80. The first-order valence-electron chi connectivity index (χ1n) is 3.70. The second-order valence-corrected chi connectivity index (χ2v) is 2.82. The Kier molecular flexibility index (Phi) is 3.17. The van der Waals surface area contributed by atoms with Gasteiger partial charge in [-0.3, -0.25) is 4.79 Å². The predicted octanol–water partition coefficient (Wildman–Crippen LogP) is 1.65. The van der Waals surface area contributed by atoms with Crippen LogP contribution in [0.1, 0.15) is 19.2 Å². The number of carbonyl (C=O) groups excluding carboxylic acids is 1. The van der Waals surface area contributed by atoms with Crippen molar-refractivity contribution in [3.8, 4) is 0 Å². The van der Waals surface area contributed by atoms with E-state index in [1.54, 1.807) is 0 Å². The van der Waals surface area contributed by atoms with Crippen LogP contribution in [-0.2, 0) is 11.2 Å². The van der Waals surface area contributed by atoms with Crippen LogP contribution < -0.4 is 0 Å². The van der Waals surface area contributed by atoms with Gasteiger partial charge in [-0.15, -0.1) is 0 Å². The van der Waals surface area contributed by atoms with Crippen LogP contribution in [0.2, 0.25) is 5.02 Å². The van der Waals surface area contributed by atoms with Gasteiger partial charge in [-0.1, -0.05) is 18.5 Å². The van der Waals surface area contributed by atoms with Crippen LogP contribution in [-0.4, -0.2) is 15.8 Å². The molecule has 0 N–H and O–H groups in total. The summed E-state index contributed by atoms with van der Waals surface area (Å²) in [5.74, 6) is 0.670. The van der Waals surface area contributed by atoms with Gasteiger partial charge in [0, 0.05) is 18.8 Å². The van der Waals surface area contributed by atoms with Crippen LogP contribution in [0.15, 0.2) is 12.4 Å². The van der Waals surface area contributed by atoms with E-state index in [2.05, 4.69) is 9.97 Å². The van der Waals surface area contributed by atoms with E-state index in [4.69, 9.17) is 11.6 Å². The Balaban J connectivity index is 2.64. The van der Waals surface area contributed by atoms with Crippen molar-refractivity contribution >= 4 is 17.4 Å². The van der Waals surface area contributed by atoms with E-state index in [1.165, 1.54) is 12.4 Å². The molecule has 0 aromatic carbocycles. The van der Waals surface area contributed by atoms with E-state index in [9.17, 15) is 4.79 Å². The Morgan fingerprint density at radius 3 is 2.58 bits per heavy atom. The van der Waals surface area contributed by atoms with Crippen molar-refractivity contribution in [2.45, 2.75) is 19.8 Å². The highest BCUT2D eigenvalue weighted by molar-refractivity contribution is 6.30. The highest BCUT2D eigenvalue weighted by atomic mass is 35.5. The Labute approximate surface area is 75.8 Å². The van der Waals surface area contributed by atoms with Gasteiger partial charge < -0.3 is 0 Å². The molecule has 3 nitrogen and oxygen atoms in total. The number of halogens is 1. The van der Waals surface area contributed by atoms with Gasteiger partial charge in [0.05, 0.1) is 11.4 Å². The molecule has 64 valence electrons. The number of aromatic nitrogens is 2. The molecule has 0 aliphatic rings. The fourth-order valence-corrected chi connectivity index (χ4v) is 0.829. The van der Waals surface area contributed by atoms with Crippen molar-refractivity contribution in [3.63, 3.8) is 0 Å². The topological polar surface area (TPSA) is 42.9 Å². The molecule has 0 atom stereocenters. The van der Waals surface area contributed by atoms with Gasteiger partial charge in [0.1, 0.15) is 11.6 Å². The average Bonchev–Trinajstić information content (AvgIpc) is 2.09. The largest absolute Gasteiger partial charge is 0.299 e. The molecule has 0 unspecified atom stereocenters. The minimum atomic E-state index is 0.136. The lowest BCUT2D eigenvalue weighted by Gasteiger charge is -1.95. The summed E-state index contributed by atoms with van der Waals surface area (Å²) in [6.45, 7) is 1.82. The first kappa shape index (κ1) is 9.13. The fourth-order valence-electron chi connectivity index (χ4n) is 0.732. The van der Waals surface area contributed by atoms with Crippen LogP contribution in [0.25, 0.3) is 0 Å². The number of Topliss-reactive ketones (excluding diaryl/α,β-unsaturated/α-hetero) is 1. The summed E-state index contributed by atoms with van der Waals surface area (Å²) in [7, 11) is 0. The lowest BCUT2D eigenvalue weighted by molar-refractivity contribution is -0.118. The minimum Gasteiger partial charge on any atom is -0.299 e. The third-order valence-corrected chi connectivity index (χ3v) is 1.62. The molecule has 0 saturated carbocycles. The lowest BCUT2D eigenvalue weighted by Crippen LogP contribution is -2.04. The zero-order valence-corrected chi connectivity index (χ0v) is 7.51. The minimum absolute atomic E-state index is 0.136. The molecule has 4 heteroatoms. The number of ketones is 1. The van der Waals surface area contributed by atoms with Crippen LogP contribution in [0.3, 0.4) is 0 Å². The Bertz CT molecular complexity index is 271. The Morgan fingerprint density at radius 2 is 2.08 bits per heavy atom. The molecule has 0 bridgehead atoms. The van der Waals surface area contributed by atoms with Crippen LogP contribution in [0.5, 0.6) is 0 Å². The SMILES string of the molecule is CCC(=O)Cc1ncc(Cl)cn1. The molecule has 0 fully saturated rings. The third-order valence-electron chi connectivity index (χ3n) is 1.42. The highest BCUT2D eigenvalue weighted by Crippen LogP contribution is 2.03. The lowest BCUT2D eigenvalue weighted by atomic mass is 10.2. The number of carbonyl (C=O) groups is 1. The average molecular weight is 185 g/mol. The van der Waals surface area contributed by atoms with Crippen LogP contribution in [0, 0.1) is 0 Å². The molecular formula is C8H9ClN2O. The zero-order valence-electron chi connectivity index (χ0n) is 6.75. The number of rotatable bonds is 3. The molecule has 0 amide bonds. The highest BCUT2D eigenvalue weighted by Gasteiger charge is 2.02. The molecule has 0 spiro atoms.